The zero-order valence-corrected chi connectivity index (χ0v) is 12.1. The van der Waals surface area contributed by atoms with Crippen LogP contribution in [0, 0.1) is 5.92 Å². The molecule has 1 saturated carbocycles. The van der Waals surface area contributed by atoms with Gasteiger partial charge in [0.1, 0.15) is 0 Å². The lowest BCUT2D eigenvalue weighted by atomic mass is 9.79. The summed E-state index contributed by atoms with van der Waals surface area (Å²) >= 11 is 0. The summed E-state index contributed by atoms with van der Waals surface area (Å²) in [5.74, 6) is 0.881. The molecule has 18 heavy (non-hydrogen) atoms. The van der Waals surface area contributed by atoms with Crippen LogP contribution in [-0.2, 0) is 5.41 Å². The van der Waals surface area contributed by atoms with Gasteiger partial charge >= 0.3 is 0 Å². The fourth-order valence-electron chi connectivity index (χ4n) is 2.61. The Balaban J connectivity index is 2.02. The average molecular weight is 245 g/mol. The Kier molecular flexibility index (Phi) is 4.11. The smallest absolute Gasteiger partial charge is 0.0297 e. The third kappa shape index (κ3) is 2.95. The number of benzene rings is 1. The Bertz CT molecular complexity index is 373. The second-order valence-electron chi connectivity index (χ2n) is 6.50. The molecule has 1 fully saturated rings. The van der Waals surface area contributed by atoms with Crippen molar-refractivity contribution < 1.29 is 0 Å². The normalized spacial score (nSPS) is 18.4. The molecule has 2 rings (SSSR count). The van der Waals surface area contributed by atoms with Crippen LogP contribution in [-0.4, -0.2) is 0 Å². The van der Waals surface area contributed by atoms with E-state index in [9.17, 15) is 0 Å². The summed E-state index contributed by atoms with van der Waals surface area (Å²) in [5, 5.41) is 0. The first kappa shape index (κ1) is 13.6. The lowest BCUT2D eigenvalue weighted by Crippen LogP contribution is -2.20. The fraction of sp³-hybridized carbons (Fsp3) is 0.647. The molecular formula is C17H27N. The summed E-state index contributed by atoms with van der Waals surface area (Å²) in [6, 6.07) is 9.22. The highest BCUT2D eigenvalue weighted by atomic mass is 14.6. The van der Waals surface area contributed by atoms with E-state index in [-0.39, 0.29) is 11.5 Å². The molecule has 0 bridgehead atoms. The summed E-state index contributed by atoms with van der Waals surface area (Å²) in [5.41, 5.74) is 9.30. The second-order valence-corrected chi connectivity index (χ2v) is 6.50. The minimum Gasteiger partial charge on any atom is -0.324 e. The quantitative estimate of drug-likeness (QED) is 0.808. The van der Waals surface area contributed by atoms with Gasteiger partial charge in [-0.2, -0.15) is 0 Å². The maximum absolute atomic E-state index is 6.30. The lowest BCUT2D eigenvalue weighted by molar-refractivity contribution is 0.277. The minimum atomic E-state index is 0.231. The van der Waals surface area contributed by atoms with E-state index in [1.165, 1.54) is 36.8 Å². The van der Waals surface area contributed by atoms with Crippen molar-refractivity contribution in [3.05, 3.63) is 35.4 Å². The fourth-order valence-corrected chi connectivity index (χ4v) is 2.61. The standard InChI is InChI=1S/C17H27N/c1-4-17(2,3)15-10-8-14(9-11-15)16(18)12-13-6-5-7-13/h8-11,13,16H,4-7,12,18H2,1-3H3. The van der Waals surface area contributed by atoms with E-state index in [1.807, 2.05) is 0 Å². The van der Waals surface area contributed by atoms with Gasteiger partial charge in [0, 0.05) is 6.04 Å². The molecule has 0 aliphatic heterocycles. The molecule has 1 aromatic rings. The molecule has 1 aliphatic rings. The first-order chi connectivity index (χ1) is 8.53. The topological polar surface area (TPSA) is 26.0 Å². The van der Waals surface area contributed by atoms with E-state index in [2.05, 4.69) is 45.0 Å². The maximum atomic E-state index is 6.30. The molecule has 0 amide bonds. The van der Waals surface area contributed by atoms with E-state index >= 15 is 0 Å². The third-order valence-corrected chi connectivity index (χ3v) is 4.82. The van der Waals surface area contributed by atoms with Crippen LogP contribution in [0.2, 0.25) is 0 Å². The molecule has 0 spiro atoms. The number of nitrogens with two attached hydrogens (primary N) is 1. The van der Waals surface area contributed by atoms with Gasteiger partial charge in [-0.05, 0) is 35.3 Å². The van der Waals surface area contributed by atoms with Gasteiger partial charge in [-0.1, -0.05) is 64.3 Å². The van der Waals surface area contributed by atoms with Crippen LogP contribution in [0.4, 0.5) is 0 Å². The van der Waals surface area contributed by atoms with Crippen LogP contribution < -0.4 is 5.73 Å². The molecule has 0 saturated heterocycles. The highest BCUT2D eigenvalue weighted by Gasteiger charge is 2.22. The summed E-state index contributed by atoms with van der Waals surface area (Å²) in [4.78, 5) is 0. The van der Waals surface area contributed by atoms with Crippen LogP contribution in [0.1, 0.15) is 70.0 Å². The van der Waals surface area contributed by atoms with E-state index in [0.29, 0.717) is 0 Å². The first-order valence-corrected chi connectivity index (χ1v) is 7.39. The number of rotatable bonds is 5. The molecule has 1 unspecified atom stereocenters. The van der Waals surface area contributed by atoms with Crippen LogP contribution in [0.5, 0.6) is 0 Å². The summed E-state index contributed by atoms with van der Waals surface area (Å²) in [6.45, 7) is 6.85. The molecule has 0 heterocycles. The van der Waals surface area contributed by atoms with Crippen molar-refractivity contribution in [1.29, 1.82) is 0 Å². The minimum absolute atomic E-state index is 0.231. The zero-order valence-electron chi connectivity index (χ0n) is 12.1. The molecule has 1 heteroatoms. The van der Waals surface area contributed by atoms with Gasteiger partial charge < -0.3 is 5.73 Å². The van der Waals surface area contributed by atoms with Crippen molar-refractivity contribution in [2.75, 3.05) is 0 Å². The van der Waals surface area contributed by atoms with Gasteiger partial charge in [-0.3, -0.25) is 0 Å². The molecule has 1 aliphatic carbocycles. The van der Waals surface area contributed by atoms with E-state index in [1.54, 1.807) is 0 Å². The molecule has 100 valence electrons. The predicted octanol–water partition coefficient (Wildman–Crippen LogP) is 4.56. The van der Waals surface area contributed by atoms with Crippen LogP contribution in [0.15, 0.2) is 24.3 Å². The lowest BCUT2D eigenvalue weighted by Gasteiger charge is -2.28. The number of hydrogen-bond acceptors (Lipinski definition) is 1. The molecule has 1 atom stereocenters. The second kappa shape index (κ2) is 5.44. The van der Waals surface area contributed by atoms with Gasteiger partial charge in [0.05, 0.1) is 0 Å². The Labute approximate surface area is 112 Å². The van der Waals surface area contributed by atoms with Crippen molar-refractivity contribution in [2.24, 2.45) is 11.7 Å². The third-order valence-electron chi connectivity index (χ3n) is 4.82. The molecule has 0 aromatic heterocycles. The van der Waals surface area contributed by atoms with Crippen LogP contribution >= 0.6 is 0 Å². The first-order valence-electron chi connectivity index (χ1n) is 7.39. The van der Waals surface area contributed by atoms with Gasteiger partial charge in [-0.15, -0.1) is 0 Å². The van der Waals surface area contributed by atoms with E-state index in [0.717, 1.165) is 12.3 Å². The summed E-state index contributed by atoms with van der Waals surface area (Å²) < 4.78 is 0. The summed E-state index contributed by atoms with van der Waals surface area (Å²) in [7, 11) is 0. The molecule has 1 aromatic carbocycles. The molecule has 2 N–H and O–H groups in total. The Morgan fingerprint density at radius 3 is 2.28 bits per heavy atom. The highest BCUT2D eigenvalue weighted by Crippen LogP contribution is 2.34. The van der Waals surface area contributed by atoms with Gasteiger partial charge in [0.2, 0.25) is 0 Å². The van der Waals surface area contributed by atoms with Crippen molar-refractivity contribution in [3.63, 3.8) is 0 Å². The van der Waals surface area contributed by atoms with Crippen LogP contribution in [0.3, 0.4) is 0 Å². The monoisotopic (exact) mass is 245 g/mol. The summed E-state index contributed by atoms with van der Waals surface area (Å²) in [6.07, 6.45) is 6.50. The highest BCUT2D eigenvalue weighted by molar-refractivity contribution is 5.29. The van der Waals surface area contributed by atoms with Crippen LogP contribution in [0.25, 0.3) is 0 Å². The largest absolute Gasteiger partial charge is 0.324 e. The van der Waals surface area contributed by atoms with Crippen molar-refractivity contribution >= 4 is 0 Å². The SMILES string of the molecule is CCC(C)(C)c1ccc(C(N)CC2CCC2)cc1. The van der Waals surface area contributed by atoms with Gasteiger partial charge in [0.15, 0.2) is 0 Å². The zero-order chi connectivity index (χ0) is 13.2. The molecule has 1 nitrogen and oxygen atoms in total. The van der Waals surface area contributed by atoms with Crippen molar-refractivity contribution in [3.8, 4) is 0 Å². The van der Waals surface area contributed by atoms with E-state index in [4.69, 9.17) is 5.73 Å². The molecular weight excluding hydrogens is 218 g/mol. The number of hydrogen-bond donors (Lipinski definition) is 1. The van der Waals surface area contributed by atoms with Crippen molar-refractivity contribution in [1.82, 2.24) is 0 Å². The van der Waals surface area contributed by atoms with E-state index < -0.39 is 0 Å². The van der Waals surface area contributed by atoms with Gasteiger partial charge in [0.25, 0.3) is 0 Å². The Hall–Kier alpha value is -0.820. The predicted molar refractivity (Wildman–Crippen MR) is 78.6 cm³/mol. The van der Waals surface area contributed by atoms with Gasteiger partial charge in [-0.25, -0.2) is 0 Å². The Morgan fingerprint density at radius 1 is 1.22 bits per heavy atom. The maximum Gasteiger partial charge on any atom is 0.0297 e. The molecule has 0 radical (unpaired) electrons. The average Bonchev–Trinajstić information content (AvgIpc) is 2.33. The Morgan fingerprint density at radius 2 is 1.83 bits per heavy atom. The van der Waals surface area contributed by atoms with Crippen molar-refractivity contribution in [2.45, 2.75) is 64.3 Å².